The van der Waals surface area contributed by atoms with E-state index < -0.39 is 0 Å². The zero-order valence-electron chi connectivity index (χ0n) is 14.7. The number of hydrogen-bond acceptors (Lipinski definition) is 2. The van der Waals surface area contributed by atoms with E-state index in [9.17, 15) is 0 Å². The lowest BCUT2D eigenvalue weighted by atomic mass is 9.97. The van der Waals surface area contributed by atoms with E-state index in [4.69, 9.17) is 4.74 Å². The molecular weight excluding hydrogens is 258 g/mol. The molecule has 2 unspecified atom stereocenters. The smallest absolute Gasteiger partial charge is 0.123 e. The van der Waals surface area contributed by atoms with Crippen LogP contribution in [0.25, 0.3) is 0 Å². The van der Waals surface area contributed by atoms with Crippen LogP contribution < -0.4 is 10.1 Å². The summed E-state index contributed by atoms with van der Waals surface area (Å²) in [6, 6.07) is 8.47. The van der Waals surface area contributed by atoms with Crippen molar-refractivity contribution in [2.24, 2.45) is 0 Å². The SMILES string of the molecule is CCC(CNC(C)(C)CC)Oc1ccccc1C(C)CC. The van der Waals surface area contributed by atoms with Gasteiger partial charge in [-0.1, -0.05) is 45.9 Å². The lowest BCUT2D eigenvalue weighted by molar-refractivity contribution is 0.175. The molecule has 0 radical (unpaired) electrons. The van der Waals surface area contributed by atoms with E-state index in [1.807, 2.05) is 0 Å². The minimum atomic E-state index is 0.174. The van der Waals surface area contributed by atoms with Crippen LogP contribution in [0.1, 0.15) is 72.3 Å². The van der Waals surface area contributed by atoms with Gasteiger partial charge in [0.05, 0.1) is 0 Å². The first kappa shape index (κ1) is 18.0. The van der Waals surface area contributed by atoms with Crippen molar-refractivity contribution in [1.29, 1.82) is 0 Å². The highest BCUT2D eigenvalue weighted by atomic mass is 16.5. The minimum absolute atomic E-state index is 0.174. The van der Waals surface area contributed by atoms with E-state index in [0.717, 1.165) is 31.6 Å². The molecule has 0 fully saturated rings. The monoisotopic (exact) mass is 291 g/mol. The van der Waals surface area contributed by atoms with Gasteiger partial charge in [0.2, 0.25) is 0 Å². The van der Waals surface area contributed by atoms with Gasteiger partial charge in [-0.15, -0.1) is 0 Å². The molecule has 1 aromatic rings. The Kier molecular flexibility index (Phi) is 7.24. The fourth-order valence-corrected chi connectivity index (χ4v) is 2.18. The minimum Gasteiger partial charge on any atom is -0.489 e. The molecule has 1 rings (SSSR count). The predicted molar refractivity (Wildman–Crippen MR) is 92.2 cm³/mol. The molecule has 2 heteroatoms. The second-order valence-electron chi connectivity index (χ2n) is 6.61. The standard InChI is InChI=1S/C19H33NO/c1-7-15(4)17-12-10-11-13-18(17)21-16(8-2)14-20-19(5,6)9-3/h10-13,15-16,20H,7-9,14H2,1-6H3. The van der Waals surface area contributed by atoms with Gasteiger partial charge in [0.25, 0.3) is 0 Å². The number of ether oxygens (including phenoxy) is 1. The van der Waals surface area contributed by atoms with Crippen LogP contribution in [-0.4, -0.2) is 18.2 Å². The maximum Gasteiger partial charge on any atom is 0.123 e. The molecule has 0 heterocycles. The third-order valence-electron chi connectivity index (χ3n) is 4.50. The first-order chi connectivity index (χ1) is 9.93. The molecule has 0 saturated heterocycles. The maximum atomic E-state index is 6.30. The highest BCUT2D eigenvalue weighted by Gasteiger charge is 2.18. The van der Waals surface area contributed by atoms with Gasteiger partial charge in [0.15, 0.2) is 0 Å². The van der Waals surface area contributed by atoms with Crippen molar-refractivity contribution < 1.29 is 4.74 Å². The molecule has 0 aliphatic heterocycles. The lowest BCUT2D eigenvalue weighted by Crippen LogP contribution is -2.44. The normalized spacial score (nSPS) is 14.8. The Balaban J connectivity index is 2.73. The molecule has 120 valence electrons. The summed E-state index contributed by atoms with van der Waals surface area (Å²) in [5.41, 5.74) is 1.50. The number of nitrogens with one attached hydrogen (secondary N) is 1. The highest BCUT2D eigenvalue weighted by molar-refractivity contribution is 5.36. The Bertz CT molecular complexity index is 414. The summed E-state index contributed by atoms with van der Waals surface area (Å²) in [6.45, 7) is 14.3. The van der Waals surface area contributed by atoms with E-state index in [0.29, 0.717) is 5.92 Å². The molecule has 0 saturated carbocycles. The van der Waals surface area contributed by atoms with Crippen LogP contribution in [0.15, 0.2) is 24.3 Å². The Morgan fingerprint density at radius 1 is 1.10 bits per heavy atom. The molecule has 1 aromatic carbocycles. The summed E-state index contributed by atoms with van der Waals surface area (Å²) >= 11 is 0. The van der Waals surface area contributed by atoms with Gasteiger partial charge in [0.1, 0.15) is 11.9 Å². The van der Waals surface area contributed by atoms with E-state index >= 15 is 0 Å². The molecular formula is C19H33NO. The predicted octanol–water partition coefficient (Wildman–Crippen LogP) is 5.14. The molecule has 21 heavy (non-hydrogen) atoms. The topological polar surface area (TPSA) is 21.3 Å². The summed E-state index contributed by atoms with van der Waals surface area (Å²) in [7, 11) is 0. The van der Waals surface area contributed by atoms with Gasteiger partial charge in [-0.3, -0.25) is 0 Å². The molecule has 0 spiro atoms. The van der Waals surface area contributed by atoms with Crippen LogP contribution in [0, 0.1) is 0 Å². The first-order valence-corrected chi connectivity index (χ1v) is 8.44. The maximum absolute atomic E-state index is 6.30. The van der Waals surface area contributed by atoms with Crippen molar-refractivity contribution in [2.45, 2.75) is 78.4 Å². The molecule has 2 nitrogen and oxygen atoms in total. The molecule has 0 aliphatic rings. The Hall–Kier alpha value is -1.02. The third-order valence-corrected chi connectivity index (χ3v) is 4.50. The molecule has 0 aliphatic carbocycles. The first-order valence-electron chi connectivity index (χ1n) is 8.44. The quantitative estimate of drug-likeness (QED) is 0.680. The lowest BCUT2D eigenvalue weighted by Gasteiger charge is -2.28. The largest absolute Gasteiger partial charge is 0.489 e. The van der Waals surface area contributed by atoms with Crippen LogP contribution >= 0.6 is 0 Å². The summed E-state index contributed by atoms with van der Waals surface area (Å²) in [5.74, 6) is 1.59. The van der Waals surface area contributed by atoms with Gasteiger partial charge in [0, 0.05) is 12.1 Å². The molecule has 0 aromatic heterocycles. The van der Waals surface area contributed by atoms with Crippen molar-refractivity contribution in [3.8, 4) is 5.75 Å². The average molecular weight is 291 g/mol. The number of rotatable bonds is 9. The Morgan fingerprint density at radius 3 is 2.33 bits per heavy atom. The zero-order valence-corrected chi connectivity index (χ0v) is 14.7. The number of hydrogen-bond donors (Lipinski definition) is 1. The van der Waals surface area contributed by atoms with Crippen molar-refractivity contribution >= 4 is 0 Å². The Labute approximate surface area is 131 Å². The van der Waals surface area contributed by atoms with Gasteiger partial charge >= 0.3 is 0 Å². The van der Waals surface area contributed by atoms with Gasteiger partial charge in [-0.2, -0.15) is 0 Å². The molecule has 0 amide bonds. The van der Waals surface area contributed by atoms with Crippen LogP contribution in [0.3, 0.4) is 0 Å². The van der Waals surface area contributed by atoms with E-state index in [2.05, 4.69) is 71.1 Å². The van der Waals surface area contributed by atoms with E-state index in [1.165, 1.54) is 5.56 Å². The van der Waals surface area contributed by atoms with Gasteiger partial charge in [-0.05, 0) is 50.7 Å². The summed E-state index contributed by atoms with van der Waals surface area (Å²) in [6.07, 6.45) is 3.49. The Morgan fingerprint density at radius 2 is 1.76 bits per heavy atom. The van der Waals surface area contributed by atoms with E-state index in [1.54, 1.807) is 0 Å². The number of para-hydroxylation sites is 1. The van der Waals surface area contributed by atoms with Gasteiger partial charge < -0.3 is 10.1 Å². The summed E-state index contributed by atoms with van der Waals surface area (Å²) < 4.78 is 6.30. The van der Waals surface area contributed by atoms with Crippen LogP contribution in [0.2, 0.25) is 0 Å². The molecule has 1 N–H and O–H groups in total. The second kappa shape index (κ2) is 8.43. The summed E-state index contributed by atoms with van der Waals surface area (Å²) in [5, 5.41) is 3.62. The van der Waals surface area contributed by atoms with Gasteiger partial charge in [-0.25, -0.2) is 0 Å². The van der Waals surface area contributed by atoms with Crippen LogP contribution in [-0.2, 0) is 0 Å². The summed E-state index contributed by atoms with van der Waals surface area (Å²) in [4.78, 5) is 0. The molecule has 0 bridgehead atoms. The average Bonchev–Trinajstić information content (AvgIpc) is 2.51. The van der Waals surface area contributed by atoms with Crippen molar-refractivity contribution in [3.63, 3.8) is 0 Å². The molecule has 2 atom stereocenters. The van der Waals surface area contributed by atoms with Crippen molar-refractivity contribution in [2.75, 3.05) is 6.54 Å². The van der Waals surface area contributed by atoms with E-state index in [-0.39, 0.29) is 11.6 Å². The fraction of sp³-hybridized carbons (Fsp3) is 0.684. The third kappa shape index (κ3) is 5.70. The fourth-order valence-electron chi connectivity index (χ4n) is 2.18. The number of benzene rings is 1. The van der Waals surface area contributed by atoms with Crippen LogP contribution in [0.4, 0.5) is 0 Å². The van der Waals surface area contributed by atoms with Crippen molar-refractivity contribution in [1.82, 2.24) is 5.32 Å². The second-order valence-corrected chi connectivity index (χ2v) is 6.61. The zero-order chi connectivity index (χ0) is 15.9. The van der Waals surface area contributed by atoms with Crippen LogP contribution in [0.5, 0.6) is 5.75 Å². The van der Waals surface area contributed by atoms with Crippen molar-refractivity contribution in [3.05, 3.63) is 29.8 Å². The highest BCUT2D eigenvalue weighted by Crippen LogP contribution is 2.29.